The number of hydrogen-bond donors (Lipinski definition) is 1. The first kappa shape index (κ1) is 22.6. The molecule has 2 aliphatic heterocycles. The van der Waals surface area contributed by atoms with Crippen LogP contribution >= 0.6 is 24.0 Å². The number of methoxy groups -OCH3 is 2. The molecule has 1 fully saturated rings. The Hall–Kier alpha value is -1.71. The second-order valence-corrected chi connectivity index (χ2v) is 6.99. The van der Waals surface area contributed by atoms with Crippen molar-refractivity contribution in [2.45, 2.75) is 32.2 Å². The molecule has 2 aliphatic rings. The summed E-state index contributed by atoms with van der Waals surface area (Å²) >= 11 is 0. The monoisotopic (exact) mass is 502 g/mol. The van der Waals surface area contributed by atoms with Crippen LogP contribution in [0.4, 0.5) is 0 Å². The lowest BCUT2D eigenvalue weighted by molar-refractivity contribution is -0.130. The van der Waals surface area contributed by atoms with Crippen molar-refractivity contribution in [3.63, 3.8) is 0 Å². The molecule has 1 N–H and O–H groups in total. The SMILES string of the molecule is CN=C(NCC(=O)N1CCCCC1)N1CCc2cc(OC)c(OC)cc2C1.I. The lowest BCUT2D eigenvalue weighted by Crippen LogP contribution is -2.48. The zero-order valence-electron chi connectivity index (χ0n) is 17.0. The first-order valence-corrected chi connectivity index (χ1v) is 9.63. The fourth-order valence-electron chi connectivity index (χ4n) is 3.81. The molecular formula is C20H31IN4O3. The van der Waals surface area contributed by atoms with Gasteiger partial charge in [0.25, 0.3) is 0 Å². The molecule has 0 aromatic heterocycles. The average Bonchev–Trinajstić information content (AvgIpc) is 2.73. The van der Waals surface area contributed by atoms with E-state index in [0.29, 0.717) is 6.54 Å². The normalized spacial score (nSPS) is 16.8. The van der Waals surface area contributed by atoms with Crippen LogP contribution in [0, 0.1) is 0 Å². The largest absolute Gasteiger partial charge is 0.493 e. The van der Waals surface area contributed by atoms with Crippen molar-refractivity contribution in [2.75, 3.05) is 47.4 Å². The van der Waals surface area contributed by atoms with E-state index < -0.39 is 0 Å². The molecule has 28 heavy (non-hydrogen) atoms. The molecule has 2 heterocycles. The minimum absolute atomic E-state index is 0. The molecule has 0 saturated carbocycles. The highest BCUT2D eigenvalue weighted by Gasteiger charge is 2.23. The standard InChI is InChI=1S/C20H30N4O3.HI/c1-21-20(22-13-19(25)23-8-5-4-6-9-23)24-10-7-15-11-17(26-2)18(27-3)12-16(15)14-24;/h11-12H,4-10,13-14H2,1-3H3,(H,21,22);1H. The minimum atomic E-state index is 0. The smallest absolute Gasteiger partial charge is 0.241 e. The highest BCUT2D eigenvalue weighted by atomic mass is 127. The van der Waals surface area contributed by atoms with Crippen molar-refractivity contribution < 1.29 is 14.3 Å². The number of nitrogens with one attached hydrogen (secondary N) is 1. The fraction of sp³-hybridized carbons (Fsp3) is 0.600. The summed E-state index contributed by atoms with van der Waals surface area (Å²) in [5, 5.41) is 3.25. The molecule has 1 saturated heterocycles. The first-order chi connectivity index (χ1) is 13.2. The Labute approximate surface area is 184 Å². The number of amides is 1. The van der Waals surface area contributed by atoms with Gasteiger partial charge < -0.3 is 24.6 Å². The number of halogens is 1. The second-order valence-electron chi connectivity index (χ2n) is 6.99. The van der Waals surface area contributed by atoms with Crippen molar-refractivity contribution in [3.8, 4) is 11.5 Å². The third kappa shape index (κ3) is 5.21. The second kappa shape index (κ2) is 10.7. The van der Waals surface area contributed by atoms with E-state index in [-0.39, 0.29) is 29.9 Å². The molecule has 0 unspecified atom stereocenters. The van der Waals surface area contributed by atoms with Gasteiger partial charge in [-0.25, -0.2) is 0 Å². The van der Waals surface area contributed by atoms with E-state index in [1.54, 1.807) is 21.3 Å². The van der Waals surface area contributed by atoms with E-state index in [1.807, 2.05) is 11.0 Å². The number of carbonyl (C=O) groups is 1. The molecule has 7 nitrogen and oxygen atoms in total. The number of hydrogen-bond acceptors (Lipinski definition) is 4. The van der Waals surface area contributed by atoms with E-state index in [1.165, 1.54) is 17.5 Å². The van der Waals surface area contributed by atoms with E-state index in [4.69, 9.17) is 9.47 Å². The molecule has 0 bridgehead atoms. The van der Waals surface area contributed by atoms with Gasteiger partial charge in [-0.2, -0.15) is 0 Å². The lowest BCUT2D eigenvalue weighted by Gasteiger charge is -2.33. The maximum absolute atomic E-state index is 12.4. The molecule has 1 aromatic rings. The van der Waals surface area contributed by atoms with Crippen LogP contribution in [-0.4, -0.2) is 69.1 Å². The predicted molar refractivity (Wildman–Crippen MR) is 121 cm³/mol. The van der Waals surface area contributed by atoms with Gasteiger partial charge >= 0.3 is 0 Å². The molecule has 1 aromatic carbocycles. The lowest BCUT2D eigenvalue weighted by atomic mass is 9.99. The Bertz CT molecular complexity index is 705. The van der Waals surface area contributed by atoms with Gasteiger partial charge in [0.1, 0.15) is 0 Å². The summed E-state index contributed by atoms with van der Waals surface area (Å²) < 4.78 is 10.8. The third-order valence-corrected chi connectivity index (χ3v) is 5.34. The molecule has 1 amide bonds. The summed E-state index contributed by atoms with van der Waals surface area (Å²) in [6.45, 7) is 3.62. The Balaban J connectivity index is 0.00000280. The zero-order chi connectivity index (χ0) is 19.2. The highest BCUT2D eigenvalue weighted by Crippen LogP contribution is 2.33. The van der Waals surface area contributed by atoms with Gasteiger partial charge in [0.15, 0.2) is 17.5 Å². The van der Waals surface area contributed by atoms with Crippen molar-refractivity contribution >= 4 is 35.8 Å². The van der Waals surface area contributed by atoms with Crippen LogP contribution in [0.2, 0.25) is 0 Å². The minimum Gasteiger partial charge on any atom is -0.493 e. The third-order valence-electron chi connectivity index (χ3n) is 5.34. The van der Waals surface area contributed by atoms with Gasteiger partial charge in [-0.1, -0.05) is 0 Å². The number of aliphatic imine (C=N–C) groups is 1. The number of guanidine groups is 1. The topological polar surface area (TPSA) is 66.4 Å². The van der Waals surface area contributed by atoms with Crippen molar-refractivity contribution in [2.24, 2.45) is 4.99 Å². The molecule has 0 aliphatic carbocycles. The van der Waals surface area contributed by atoms with Crippen molar-refractivity contribution in [3.05, 3.63) is 23.3 Å². The van der Waals surface area contributed by atoms with Gasteiger partial charge in [0.2, 0.25) is 5.91 Å². The Kier molecular flexibility index (Phi) is 8.65. The van der Waals surface area contributed by atoms with Crippen LogP contribution in [-0.2, 0) is 17.8 Å². The Morgan fingerprint density at radius 1 is 1.04 bits per heavy atom. The van der Waals surface area contributed by atoms with Crippen LogP contribution in [0.3, 0.4) is 0 Å². The molecule has 0 atom stereocenters. The summed E-state index contributed by atoms with van der Waals surface area (Å²) in [6.07, 6.45) is 4.33. The molecule has 3 rings (SSSR count). The predicted octanol–water partition coefficient (Wildman–Crippen LogP) is 2.27. The number of piperidine rings is 1. The van der Waals surface area contributed by atoms with Gasteiger partial charge in [0.05, 0.1) is 20.8 Å². The number of rotatable bonds is 4. The van der Waals surface area contributed by atoms with E-state index >= 15 is 0 Å². The van der Waals surface area contributed by atoms with Gasteiger partial charge in [-0.05, 0) is 48.9 Å². The molecule has 0 spiro atoms. The molecular weight excluding hydrogens is 471 g/mol. The first-order valence-electron chi connectivity index (χ1n) is 9.63. The van der Waals surface area contributed by atoms with E-state index in [0.717, 1.165) is 62.9 Å². The molecule has 0 radical (unpaired) electrons. The summed E-state index contributed by atoms with van der Waals surface area (Å²) in [5.41, 5.74) is 2.47. The highest BCUT2D eigenvalue weighted by molar-refractivity contribution is 14.0. The maximum atomic E-state index is 12.4. The van der Waals surface area contributed by atoms with E-state index in [2.05, 4.69) is 21.3 Å². The summed E-state index contributed by atoms with van der Waals surface area (Å²) in [6, 6.07) is 4.09. The van der Waals surface area contributed by atoms with Crippen LogP contribution in [0.5, 0.6) is 11.5 Å². The molecule has 156 valence electrons. The number of nitrogens with zero attached hydrogens (tertiary/aromatic N) is 3. The molecule has 8 heteroatoms. The maximum Gasteiger partial charge on any atom is 0.241 e. The number of likely N-dealkylation sites (tertiary alicyclic amines) is 1. The van der Waals surface area contributed by atoms with Crippen molar-refractivity contribution in [1.29, 1.82) is 0 Å². The summed E-state index contributed by atoms with van der Waals surface area (Å²) in [5.74, 6) is 2.42. The quantitative estimate of drug-likeness (QED) is 0.389. The fourth-order valence-corrected chi connectivity index (χ4v) is 3.81. The number of carbonyl (C=O) groups excluding carboxylic acids is 1. The van der Waals surface area contributed by atoms with Gasteiger partial charge in [0, 0.05) is 33.2 Å². The van der Waals surface area contributed by atoms with Crippen LogP contribution in [0.25, 0.3) is 0 Å². The average molecular weight is 502 g/mol. The number of benzene rings is 1. The Morgan fingerprint density at radius 3 is 2.29 bits per heavy atom. The summed E-state index contributed by atoms with van der Waals surface area (Å²) in [4.78, 5) is 20.9. The van der Waals surface area contributed by atoms with Crippen LogP contribution < -0.4 is 14.8 Å². The van der Waals surface area contributed by atoms with Gasteiger partial charge in [-0.15, -0.1) is 24.0 Å². The summed E-state index contributed by atoms with van der Waals surface area (Å²) in [7, 11) is 5.07. The van der Waals surface area contributed by atoms with Crippen molar-refractivity contribution in [1.82, 2.24) is 15.1 Å². The Morgan fingerprint density at radius 2 is 1.68 bits per heavy atom. The van der Waals surface area contributed by atoms with E-state index in [9.17, 15) is 4.79 Å². The number of fused-ring (bicyclic) bond motifs is 1. The van der Waals surface area contributed by atoms with Crippen LogP contribution in [0.1, 0.15) is 30.4 Å². The van der Waals surface area contributed by atoms with Crippen LogP contribution in [0.15, 0.2) is 17.1 Å². The number of ether oxygens (including phenoxy) is 2. The zero-order valence-corrected chi connectivity index (χ0v) is 19.3. The van der Waals surface area contributed by atoms with Gasteiger partial charge in [-0.3, -0.25) is 9.79 Å².